The van der Waals surface area contributed by atoms with Crippen LogP contribution in [0.5, 0.6) is 11.5 Å². The molecule has 0 N–H and O–H groups in total. The molecular formula is C53H30O2S. The molecule has 2 aliphatic rings. The van der Waals surface area contributed by atoms with E-state index in [0.717, 1.165) is 28.2 Å². The van der Waals surface area contributed by atoms with Crippen LogP contribution in [-0.4, -0.2) is 0 Å². The van der Waals surface area contributed by atoms with Crippen molar-refractivity contribution in [3.05, 3.63) is 204 Å². The van der Waals surface area contributed by atoms with E-state index in [1.807, 2.05) is 11.3 Å². The summed E-state index contributed by atoms with van der Waals surface area (Å²) in [6, 6.07) is 66.3. The van der Waals surface area contributed by atoms with Crippen molar-refractivity contribution < 1.29 is 9.15 Å². The van der Waals surface area contributed by atoms with Gasteiger partial charge < -0.3 is 9.15 Å². The minimum atomic E-state index is -0.455. The van der Waals surface area contributed by atoms with Crippen LogP contribution in [0.2, 0.25) is 0 Å². The summed E-state index contributed by atoms with van der Waals surface area (Å²) in [5.74, 6) is 1.81. The highest BCUT2D eigenvalue weighted by Crippen LogP contribution is 2.62. The molecule has 3 heteroatoms. The lowest BCUT2D eigenvalue weighted by molar-refractivity contribution is 0.436. The van der Waals surface area contributed by atoms with Crippen LogP contribution < -0.4 is 4.74 Å². The molecule has 13 rings (SSSR count). The minimum absolute atomic E-state index is 0.455. The van der Waals surface area contributed by atoms with E-state index in [0.29, 0.717) is 0 Å². The number of hydrogen-bond acceptors (Lipinski definition) is 3. The Morgan fingerprint density at radius 2 is 0.982 bits per heavy atom. The molecule has 1 aliphatic heterocycles. The van der Waals surface area contributed by atoms with Crippen molar-refractivity contribution in [2.24, 2.45) is 0 Å². The number of thiophene rings is 1. The summed E-state index contributed by atoms with van der Waals surface area (Å²) in [5, 5.41) is 7.35. The van der Waals surface area contributed by atoms with Gasteiger partial charge in [0, 0.05) is 42.1 Å². The lowest BCUT2D eigenvalue weighted by Crippen LogP contribution is -2.32. The van der Waals surface area contributed by atoms with Crippen LogP contribution in [0.15, 0.2) is 186 Å². The SMILES string of the molecule is c1ccc2c(c1)Oc1cc(-c3ccc4c(c3)sc3cc(-c5cccc6oc7ccc8ccccc8c7c56)ccc34)ccc1C21c2ccccc2-c2ccccc21. The standard InChI is InChI=1S/C53H30O2S/c1-2-11-35-31(10-1)23-27-47-51(35)52-36(14-9-19-46(52)55-47)34-21-25-40-39-24-20-33(29-49(39)56-50(40)30-34)32-22-26-44-48(28-32)54-45-18-8-7-17-43(45)53(44)41-15-5-3-12-37(41)38-13-4-6-16-42(38)53/h1-30H. The molecule has 0 amide bonds. The van der Waals surface area contributed by atoms with E-state index in [4.69, 9.17) is 9.15 Å². The molecule has 9 aromatic carbocycles. The largest absolute Gasteiger partial charge is 0.457 e. The predicted octanol–water partition coefficient (Wildman–Crippen LogP) is 14.9. The molecule has 260 valence electrons. The molecule has 0 radical (unpaired) electrons. The minimum Gasteiger partial charge on any atom is -0.457 e. The van der Waals surface area contributed by atoms with Crippen LogP contribution in [0.25, 0.3) is 86.3 Å². The molecule has 0 saturated heterocycles. The van der Waals surface area contributed by atoms with E-state index in [-0.39, 0.29) is 0 Å². The van der Waals surface area contributed by atoms with Gasteiger partial charge in [-0.2, -0.15) is 0 Å². The highest BCUT2D eigenvalue weighted by atomic mass is 32.1. The Morgan fingerprint density at radius 1 is 0.375 bits per heavy atom. The van der Waals surface area contributed by atoms with Crippen molar-refractivity contribution >= 4 is 64.2 Å². The lowest BCUT2D eigenvalue weighted by Gasteiger charge is -2.39. The Bertz CT molecular complexity index is 3430. The van der Waals surface area contributed by atoms with E-state index in [1.54, 1.807) is 0 Å². The molecule has 0 bridgehead atoms. The molecule has 2 nitrogen and oxygen atoms in total. The van der Waals surface area contributed by atoms with Crippen molar-refractivity contribution in [2.45, 2.75) is 5.41 Å². The number of furan rings is 1. The number of fused-ring (bicyclic) bond motifs is 17. The number of para-hydroxylation sites is 1. The molecular weight excluding hydrogens is 701 g/mol. The normalized spacial score (nSPS) is 13.6. The maximum Gasteiger partial charge on any atom is 0.136 e. The van der Waals surface area contributed by atoms with Gasteiger partial charge in [-0.25, -0.2) is 0 Å². The Balaban J connectivity index is 0.947. The van der Waals surface area contributed by atoms with Gasteiger partial charge in [-0.1, -0.05) is 146 Å². The van der Waals surface area contributed by atoms with E-state index < -0.39 is 5.41 Å². The van der Waals surface area contributed by atoms with Crippen LogP contribution in [0.4, 0.5) is 0 Å². The lowest BCUT2D eigenvalue weighted by atomic mass is 9.66. The fourth-order valence-corrected chi connectivity index (χ4v) is 11.2. The molecule has 56 heavy (non-hydrogen) atoms. The van der Waals surface area contributed by atoms with Crippen molar-refractivity contribution in [1.29, 1.82) is 0 Å². The maximum absolute atomic E-state index is 6.82. The second-order valence-corrected chi connectivity index (χ2v) is 16.2. The molecule has 1 aliphatic carbocycles. The molecule has 11 aromatic rings. The van der Waals surface area contributed by atoms with Crippen LogP contribution >= 0.6 is 11.3 Å². The third kappa shape index (κ3) is 3.95. The van der Waals surface area contributed by atoms with Crippen molar-refractivity contribution in [2.75, 3.05) is 0 Å². The van der Waals surface area contributed by atoms with Crippen LogP contribution in [0, 0.1) is 0 Å². The summed E-state index contributed by atoms with van der Waals surface area (Å²) in [4.78, 5) is 0. The first-order valence-electron chi connectivity index (χ1n) is 19.2. The fourth-order valence-electron chi connectivity index (χ4n) is 9.99. The van der Waals surface area contributed by atoms with E-state index >= 15 is 0 Å². The molecule has 2 aromatic heterocycles. The predicted molar refractivity (Wildman–Crippen MR) is 232 cm³/mol. The van der Waals surface area contributed by atoms with Gasteiger partial charge in [-0.05, 0) is 91.7 Å². The molecule has 3 heterocycles. The molecule has 0 unspecified atom stereocenters. The van der Waals surface area contributed by atoms with Crippen LogP contribution in [-0.2, 0) is 5.41 Å². The summed E-state index contributed by atoms with van der Waals surface area (Å²) in [6.07, 6.45) is 0. The molecule has 0 fully saturated rings. The topological polar surface area (TPSA) is 22.4 Å². The first-order chi connectivity index (χ1) is 27.7. The third-order valence-electron chi connectivity index (χ3n) is 12.4. The van der Waals surface area contributed by atoms with Crippen LogP contribution in [0.1, 0.15) is 22.3 Å². The second kappa shape index (κ2) is 11.1. The van der Waals surface area contributed by atoms with Crippen molar-refractivity contribution in [3.63, 3.8) is 0 Å². The second-order valence-electron chi connectivity index (χ2n) is 15.1. The smallest absolute Gasteiger partial charge is 0.136 e. The van der Waals surface area contributed by atoms with Gasteiger partial charge in [0.2, 0.25) is 0 Å². The zero-order valence-corrected chi connectivity index (χ0v) is 30.9. The van der Waals surface area contributed by atoms with Gasteiger partial charge in [0.25, 0.3) is 0 Å². The van der Waals surface area contributed by atoms with Gasteiger partial charge in [0.05, 0.1) is 5.41 Å². The van der Waals surface area contributed by atoms with Gasteiger partial charge in [0.15, 0.2) is 0 Å². The quantitative estimate of drug-likeness (QED) is 0.177. The summed E-state index contributed by atoms with van der Waals surface area (Å²) in [5.41, 5.74) is 13.7. The van der Waals surface area contributed by atoms with Gasteiger partial charge >= 0.3 is 0 Å². The van der Waals surface area contributed by atoms with Crippen molar-refractivity contribution in [1.82, 2.24) is 0 Å². The maximum atomic E-state index is 6.82. The van der Waals surface area contributed by atoms with E-state index in [1.165, 1.54) is 91.8 Å². The van der Waals surface area contributed by atoms with Gasteiger partial charge in [-0.15, -0.1) is 11.3 Å². The Labute approximate surface area is 326 Å². The number of ether oxygens (including phenoxy) is 1. The molecule has 0 saturated carbocycles. The third-order valence-corrected chi connectivity index (χ3v) is 13.5. The van der Waals surface area contributed by atoms with Gasteiger partial charge in [0.1, 0.15) is 22.7 Å². The number of hydrogen-bond donors (Lipinski definition) is 0. The summed E-state index contributed by atoms with van der Waals surface area (Å²) in [7, 11) is 0. The summed E-state index contributed by atoms with van der Waals surface area (Å²) < 4.78 is 15.8. The molecule has 1 spiro atoms. The van der Waals surface area contributed by atoms with Crippen molar-refractivity contribution in [3.8, 4) is 44.9 Å². The highest BCUT2D eigenvalue weighted by molar-refractivity contribution is 7.25. The summed E-state index contributed by atoms with van der Waals surface area (Å²) >= 11 is 1.86. The van der Waals surface area contributed by atoms with E-state index in [9.17, 15) is 0 Å². The summed E-state index contributed by atoms with van der Waals surface area (Å²) in [6.45, 7) is 0. The van der Waals surface area contributed by atoms with Gasteiger partial charge in [-0.3, -0.25) is 0 Å². The average Bonchev–Trinajstić information content (AvgIpc) is 3.92. The fraction of sp³-hybridized carbons (Fsp3) is 0.0189. The zero-order valence-electron chi connectivity index (χ0n) is 30.0. The number of benzene rings is 9. The average molecular weight is 731 g/mol. The monoisotopic (exact) mass is 730 g/mol. The first-order valence-corrected chi connectivity index (χ1v) is 20.0. The van der Waals surface area contributed by atoms with Crippen LogP contribution in [0.3, 0.4) is 0 Å². The van der Waals surface area contributed by atoms with E-state index in [2.05, 4.69) is 182 Å². The Hall–Kier alpha value is -6.94. The highest BCUT2D eigenvalue weighted by Gasteiger charge is 2.50. The molecule has 0 atom stereocenters. The number of rotatable bonds is 2. The first kappa shape index (κ1) is 30.4. The Morgan fingerprint density at radius 3 is 1.80 bits per heavy atom. The Kier molecular flexibility index (Phi) is 6.01. The zero-order chi connectivity index (χ0) is 36.5.